The van der Waals surface area contributed by atoms with E-state index in [9.17, 15) is 5.11 Å². The number of hydrogen-bond acceptors (Lipinski definition) is 3. The molecule has 25 heavy (non-hydrogen) atoms. The fourth-order valence-electron chi connectivity index (χ4n) is 3.08. The summed E-state index contributed by atoms with van der Waals surface area (Å²) < 4.78 is 1.99. The Morgan fingerprint density at radius 1 is 1.00 bits per heavy atom. The Bertz CT molecular complexity index is 754. The van der Waals surface area contributed by atoms with Crippen molar-refractivity contribution in [1.82, 2.24) is 14.9 Å². The molecule has 0 saturated carbocycles. The summed E-state index contributed by atoms with van der Waals surface area (Å²) in [6.07, 6.45) is 5.74. The van der Waals surface area contributed by atoms with Crippen LogP contribution in [0.2, 0.25) is 0 Å². The fourth-order valence-corrected chi connectivity index (χ4v) is 3.08. The van der Waals surface area contributed by atoms with Crippen molar-refractivity contribution in [2.45, 2.75) is 38.5 Å². The van der Waals surface area contributed by atoms with E-state index in [1.807, 2.05) is 41.1 Å². The fraction of sp³-hybridized carbons (Fsp3) is 0.286. The second kappa shape index (κ2) is 8.10. The molecule has 0 aliphatic rings. The molecule has 3 unspecified atom stereocenters. The van der Waals surface area contributed by atoms with Crippen molar-refractivity contribution in [2.75, 3.05) is 0 Å². The third kappa shape index (κ3) is 4.56. The lowest BCUT2D eigenvalue weighted by Crippen LogP contribution is -2.30. The molecule has 3 rings (SSSR count). The van der Waals surface area contributed by atoms with Crippen LogP contribution in [0.25, 0.3) is 5.69 Å². The van der Waals surface area contributed by atoms with Gasteiger partial charge < -0.3 is 15.0 Å². The molecule has 0 fully saturated rings. The highest BCUT2D eigenvalue weighted by Crippen LogP contribution is 2.21. The van der Waals surface area contributed by atoms with E-state index in [0.29, 0.717) is 6.42 Å². The normalized spacial score (nSPS) is 14.8. The molecule has 0 bridgehead atoms. The van der Waals surface area contributed by atoms with Crippen LogP contribution in [0.15, 0.2) is 73.3 Å². The van der Waals surface area contributed by atoms with Crippen LogP contribution in [0.1, 0.15) is 43.5 Å². The van der Waals surface area contributed by atoms with Crippen LogP contribution in [0.4, 0.5) is 0 Å². The Labute approximate surface area is 149 Å². The standard InChI is InChI=1S/C21H25N3O/c1-16(14-21(25)19-6-4-3-5-7-19)23-17(2)18-8-10-20(11-9-18)24-13-12-22-15-24/h3-13,15-17,21,23,25H,14H2,1-2H3. The number of benzene rings is 2. The van der Waals surface area contributed by atoms with E-state index < -0.39 is 6.10 Å². The third-order valence-corrected chi connectivity index (χ3v) is 4.49. The first kappa shape index (κ1) is 17.4. The Morgan fingerprint density at radius 3 is 2.36 bits per heavy atom. The molecule has 130 valence electrons. The van der Waals surface area contributed by atoms with E-state index >= 15 is 0 Å². The van der Waals surface area contributed by atoms with E-state index in [2.05, 4.69) is 48.4 Å². The first-order valence-corrected chi connectivity index (χ1v) is 8.71. The van der Waals surface area contributed by atoms with Gasteiger partial charge in [-0.15, -0.1) is 0 Å². The number of nitrogens with one attached hydrogen (secondary N) is 1. The van der Waals surface area contributed by atoms with E-state index in [4.69, 9.17) is 0 Å². The Hall–Kier alpha value is -2.43. The predicted octanol–water partition coefficient (Wildman–Crippen LogP) is 4.04. The molecule has 1 heterocycles. The highest BCUT2D eigenvalue weighted by Gasteiger charge is 2.15. The zero-order valence-corrected chi connectivity index (χ0v) is 14.7. The second-order valence-electron chi connectivity index (χ2n) is 6.51. The maximum Gasteiger partial charge on any atom is 0.0991 e. The minimum Gasteiger partial charge on any atom is -0.388 e. The number of imidazole rings is 1. The molecule has 2 aromatic carbocycles. The minimum absolute atomic E-state index is 0.207. The average molecular weight is 335 g/mol. The van der Waals surface area contributed by atoms with E-state index in [1.54, 1.807) is 12.5 Å². The molecule has 0 aliphatic carbocycles. The topological polar surface area (TPSA) is 50.1 Å². The van der Waals surface area contributed by atoms with Crippen molar-refractivity contribution in [1.29, 1.82) is 0 Å². The van der Waals surface area contributed by atoms with Crippen LogP contribution in [0, 0.1) is 0 Å². The summed E-state index contributed by atoms with van der Waals surface area (Å²) in [5.74, 6) is 0. The Morgan fingerprint density at radius 2 is 1.72 bits per heavy atom. The van der Waals surface area contributed by atoms with E-state index in [0.717, 1.165) is 11.3 Å². The third-order valence-electron chi connectivity index (χ3n) is 4.49. The first-order valence-electron chi connectivity index (χ1n) is 8.71. The molecule has 3 aromatic rings. The molecule has 0 spiro atoms. The minimum atomic E-state index is -0.445. The van der Waals surface area contributed by atoms with Crippen molar-refractivity contribution in [3.8, 4) is 5.69 Å². The second-order valence-corrected chi connectivity index (χ2v) is 6.51. The lowest BCUT2D eigenvalue weighted by Gasteiger charge is -2.23. The van der Waals surface area contributed by atoms with Crippen LogP contribution < -0.4 is 5.32 Å². The molecule has 0 aliphatic heterocycles. The van der Waals surface area contributed by atoms with Gasteiger partial charge in [0.1, 0.15) is 0 Å². The molecule has 4 heteroatoms. The van der Waals surface area contributed by atoms with Gasteiger partial charge in [0.15, 0.2) is 0 Å². The summed E-state index contributed by atoms with van der Waals surface area (Å²) in [7, 11) is 0. The first-order chi connectivity index (χ1) is 12.1. The SMILES string of the molecule is CC(CC(O)c1ccccc1)NC(C)c1ccc(-n2ccnc2)cc1. The average Bonchev–Trinajstić information content (AvgIpc) is 3.17. The van der Waals surface area contributed by atoms with Crippen LogP contribution in [-0.4, -0.2) is 20.7 Å². The lowest BCUT2D eigenvalue weighted by molar-refractivity contribution is 0.152. The summed E-state index contributed by atoms with van der Waals surface area (Å²) >= 11 is 0. The molecular weight excluding hydrogens is 310 g/mol. The van der Waals surface area contributed by atoms with Gasteiger partial charge in [0.25, 0.3) is 0 Å². The van der Waals surface area contributed by atoms with Crippen molar-refractivity contribution < 1.29 is 5.11 Å². The molecule has 0 radical (unpaired) electrons. The van der Waals surface area contributed by atoms with Gasteiger partial charge in [0.05, 0.1) is 12.4 Å². The molecule has 3 atom stereocenters. The Balaban J connectivity index is 1.57. The molecule has 0 amide bonds. The summed E-state index contributed by atoms with van der Waals surface area (Å²) in [4.78, 5) is 4.07. The number of hydrogen-bond donors (Lipinski definition) is 2. The Kier molecular flexibility index (Phi) is 5.64. The summed E-state index contributed by atoms with van der Waals surface area (Å²) in [6.45, 7) is 4.26. The van der Waals surface area contributed by atoms with Gasteiger partial charge in [-0.1, -0.05) is 42.5 Å². The van der Waals surface area contributed by atoms with Crippen LogP contribution in [0.3, 0.4) is 0 Å². The maximum atomic E-state index is 10.4. The van der Waals surface area contributed by atoms with Gasteiger partial charge in [-0.3, -0.25) is 0 Å². The monoisotopic (exact) mass is 335 g/mol. The maximum absolute atomic E-state index is 10.4. The number of rotatable bonds is 7. The summed E-state index contributed by atoms with van der Waals surface area (Å²) in [5.41, 5.74) is 3.29. The van der Waals surface area contributed by atoms with Crippen LogP contribution in [0.5, 0.6) is 0 Å². The number of aromatic nitrogens is 2. The van der Waals surface area contributed by atoms with Crippen LogP contribution >= 0.6 is 0 Å². The van der Waals surface area contributed by atoms with E-state index in [1.165, 1.54) is 5.56 Å². The van der Waals surface area contributed by atoms with Crippen molar-refractivity contribution in [2.24, 2.45) is 0 Å². The summed E-state index contributed by atoms with van der Waals surface area (Å²) in [5, 5.41) is 13.9. The van der Waals surface area contributed by atoms with Crippen molar-refractivity contribution in [3.05, 3.63) is 84.4 Å². The zero-order chi connectivity index (χ0) is 17.6. The molecule has 0 saturated heterocycles. The molecule has 4 nitrogen and oxygen atoms in total. The molecular formula is C21H25N3O. The van der Waals surface area contributed by atoms with Crippen molar-refractivity contribution >= 4 is 0 Å². The summed E-state index contributed by atoms with van der Waals surface area (Å²) in [6, 6.07) is 18.7. The van der Waals surface area contributed by atoms with Crippen molar-refractivity contribution in [3.63, 3.8) is 0 Å². The number of aliphatic hydroxyl groups is 1. The van der Waals surface area contributed by atoms with Gasteiger partial charge in [0, 0.05) is 30.2 Å². The van der Waals surface area contributed by atoms with Crippen LogP contribution in [-0.2, 0) is 0 Å². The molecule has 2 N–H and O–H groups in total. The van der Waals surface area contributed by atoms with Gasteiger partial charge in [0.2, 0.25) is 0 Å². The predicted molar refractivity (Wildman–Crippen MR) is 101 cm³/mol. The highest BCUT2D eigenvalue weighted by molar-refractivity contribution is 5.35. The highest BCUT2D eigenvalue weighted by atomic mass is 16.3. The van der Waals surface area contributed by atoms with Gasteiger partial charge in [-0.25, -0.2) is 4.98 Å². The lowest BCUT2D eigenvalue weighted by atomic mass is 10.0. The zero-order valence-electron chi connectivity index (χ0n) is 14.7. The number of aliphatic hydroxyl groups excluding tert-OH is 1. The smallest absolute Gasteiger partial charge is 0.0991 e. The largest absolute Gasteiger partial charge is 0.388 e. The quantitative estimate of drug-likeness (QED) is 0.685. The van der Waals surface area contributed by atoms with Gasteiger partial charge in [-0.05, 0) is 43.5 Å². The number of nitrogens with zero attached hydrogens (tertiary/aromatic N) is 2. The molecule has 1 aromatic heterocycles. The van der Waals surface area contributed by atoms with E-state index in [-0.39, 0.29) is 12.1 Å². The van der Waals surface area contributed by atoms with Gasteiger partial charge in [-0.2, -0.15) is 0 Å². The van der Waals surface area contributed by atoms with Gasteiger partial charge >= 0.3 is 0 Å².